The summed E-state index contributed by atoms with van der Waals surface area (Å²) in [6, 6.07) is 7.94. The van der Waals surface area contributed by atoms with Crippen molar-refractivity contribution in [2.75, 3.05) is 7.11 Å². The summed E-state index contributed by atoms with van der Waals surface area (Å²) < 4.78 is 5.23. The first kappa shape index (κ1) is 10.6. The summed E-state index contributed by atoms with van der Waals surface area (Å²) in [5, 5.41) is 0. The number of hydrogen-bond donors (Lipinski definition) is 0. The lowest BCUT2D eigenvalue weighted by atomic mass is 10.1. The summed E-state index contributed by atoms with van der Waals surface area (Å²) in [7, 11) is 1.68. The predicted octanol–water partition coefficient (Wildman–Crippen LogP) is 3.66. The smallest absolute Gasteiger partial charge is 0.126 e. The average molecular weight is 188 g/mol. The van der Waals surface area contributed by atoms with Crippen LogP contribution in [0.3, 0.4) is 0 Å². The van der Waals surface area contributed by atoms with Crippen molar-refractivity contribution in [3.63, 3.8) is 0 Å². The van der Waals surface area contributed by atoms with Crippen LogP contribution < -0.4 is 4.74 Å². The maximum absolute atomic E-state index is 5.23. The van der Waals surface area contributed by atoms with Gasteiger partial charge in [-0.1, -0.05) is 25.1 Å². The topological polar surface area (TPSA) is 9.23 Å². The summed E-state index contributed by atoms with van der Waals surface area (Å²) in [4.78, 5) is 0. The fourth-order valence-electron chi connectivity index (χ4n) is 1.09. The van der Waals surface area contributed by atoms with E-state index in [1.807, 2.05) is 30.3 Å². The Hall–Kier alpha value is -1.46. The molecule has 1 rings (SSSR count). The molecule has 0 aliphatic carbocycles. The molecule has 0 spiro atoms. The molecule has 1 aromatic rings. The summed E-state index contributed by atoms with van der Waals surface area (Å²) in [6.45, 7) is 4.20. The predicted molar refractivity (Wildman–Crippen MR) is 60.4 cm³/mol. The molecule has 14 heavy (non-hydrogen) atoms. The van der Waals surface area contributed by atoms with Crippen LogP contribution in [-0.2, 0) is 0 Å². The van der Waals surface area contributed by atoms with Gasteiger partial charge in [-0.15, -0.1) is 5.73 Å². The molecule has 0 radical (unpaired) electrons. The van der Waals surface area contributed by atoms with E-state index in [1.165, 1.54) is 5.57 Å². The monoisotopic (exact) mass is 188 g/mol. The first-order valence-corrected chi connectivity index (χ1v) is 4.83. The van der Waals surface area contributed by atoms with Crippen LogP contribution >= 0.6 is 0 Å². The lowest BCUT2D eigenvalue weighted by Gasteiger charge is -2.01. The SMILES string of the molecule is CCC(C)=C=Cc1ccccc1OC. The molecular weight excluding hydrogens is 172 g/mol. The number of ether oxygens (including phenoxy) is 1. The number of hydrogen-bond acceptors (Lipinski definition) is 1. The van der Waals surface area contributed by atoms with Crippen molar-refractivity contribution in [2.45, 2.75) is 20.3 Å². The Labute approximate surface area is 85.7 Å². The van der Waals surface area contributed by atoms with Crippen LogP contribution in [0.5, 0.6) is 5.75 Å². The maximum atomic E-state index is 5.23. The van der Waals surface area contributed by atoms with Gasteiger partial charge >= 0.3 is 0 Å². The van der Waals surface area contributed by atoms with Crippen molar-refractivity contribution in [1.82, 2.24) is 0 Å². The number of allylic oxidation sites excluding steroid dienone is 1. The first-order chi connectivity index (χ1) is 6.77. The summed E-state index contributed by atoms with van der Waals surface area (Å²) in [6.07, 6.45) is 3.00. The highest BCUT2D eigenvalue weighted by Crippen LogP contribution is 2.18. The van der Waals surface area contributed by atoms with Crippen LogP contribution in [0.4, 0.5) is 0 Å². The second-order valence-corrected chi connectivity index (χ2v) is 3.16. The van der Waals surface area contributed by atoms with Gasteiger partial charge in [0, 0.05) is 5.56 Å². The van der Waals surface area contributed by atoms with E-state index in [0.29, 0.717) is 0 Å². The minimum absolute atomic E-state index is 0.893. The molecule has 0 atom stereocenters. The quantitative estimate of drug-likeness (QED) is 0.658. The Morgan fingerprint density at radius 3 is 2.79 bits per heavy atom. The van der Waals surface area contributed by atoms with E-state index < -0.39 is 0 Å². The van der Waals surface area contributed by atoms with E-state index in [2.05, 4.69) is 19.6 Å². The molecule has 1 heteroatoms. The van der Waals surface area contributed by atoms with Crippen LogP contribution in [0.1, 0.15) is 25.8 Å². The van der Waals surface area contributed by atoms with E-state index in [9.17, 15) is 0 Å². The van der Waals surface area contributed by atoms with Crippen molar-refractivity contribution in [3.05, 3.63) is 41.1 Å². The van der Waals surface area contributed by atoms with Crippen molar-refractivity contribution >= 4 is 6.08 Å². The zero-order valence-electron chi connectivity index (χ0n) is 9.00. The van der Waals surface area contributed by atoms with Crippen molar-refractivity contribution in [2.24, 2.45) is 0 Å². The highest BCUT2D eigenvalue weighted by Gasteiger charge is 1.95. The van der Waals surface area contributed by atoms with E-state index in [4.69, 9.17) is 4.74 Å². The minimum Gasteiger partial charge on any atom is -0.496 e. The summed E-state index contributed by atoms with van der Waals surface area (Å²) in [5.41, 5.74) is 5.55. The molecule has 0 unspecified atom stereocenters. The first-order valence-electron chi connectivity index (χ1n) is 4.83. The lowest BCUT2D eigenvalue weighted by molar-refractivity contribution is 0.414. The average Bonchev–Trinajstić information content (AvgIpc) is 2.26. The third-order valence-electron chi connectivity index (χ3n) is 2.14. The molecule has 0 fully saturated rings. The Morgan fingerprint density at radius 2 is 2.14 bits per heavy atom. The van der Waals surface area contributed by atoms with Gasteiger partial charge in [0.1, 0.15) is 5.75 Å². The van der Waals surface area contributed by atoms with E-state index in [0.717, 1.165) is 17.7 Å². The third-order valence-corrected chi connectivity index (χ3v) is 2.14. The number of benzene rings is 1. The summed E-state index contributed by atoms with van der Waals surface area (Å²) in [5.74, 6) is 0.893. The molecule has 0 N–H and O–H groups in total. The fraction of sp³-hybridized carbons (Fsp3) is 0.308. The molecule has 1 aromatic carbocycles. The Kier molecular flexibility index (Phi) is 4.03. The van der Waals surface area contributed by atoms with Crippen LogP contribution in [0.2, 0.25) is 0 Å². The third kappa shape index (κ3) is 2.79. The molecule has 0 aliphatic rings. The number of para-hydroxylation sites is 1. The van der Waals surface area contributed by atoms with Crippen LogP contribution in [-0.4, -0.2) is 7.11 Å². The standard InChI is InChI=1S/C13H16O/c1-4-11(2)9-10-12-7-5-6-8-13(12)14-3/h5-8,10H,4H2,1-3H3. The number of methoxy groups -OCH3 is 1. The van der Waals surface area contributed by atoms with Crippen LogP contribution in [0, 0.1) is 0 Å². The molecule has 0 aromatic heterocycles. The van der Waals surface area contributed by atoms with E-state index >= 15 is 0 Å². The Morgan fingerprint density at radius 1 is 1.43 bits per heavy atom. The lowest BCUT2D eigenvalue weighted by Crippen LogP contribution is -1.84. The van der Waals surface area contributed by atoms with E-state index in [-0.39, 0.29) is 0 Å². The van der Waals surface area contributed by atoms with Gasteiger partial charge in [-0.05, 0) is 31.1 Å². The normalized spacial score (nSPS) is 9.07. The van der Waals surface area contributed by atoms with Gasteiger partial charge in [0.15, 0.2) is 0 Å². The van der Waals surface area contributed by atoms with Crippen molar-refractivity contribution in [3.8, 4) is 5.75 Å². The molecule has 0 heterocycles. The van der Waals surface area contributed by atoms with Gasteiger partial charge in [-0.25, -0.2) is 0 Å². The number of rotatable bonds is 3. The Bertz CT molecular complexity index is 357. The van der Waals surface area contributed by atoms with Crippen molar-refractivity contribution in [1.29, 1.82) is 0 Å². The molecule has 0 saturated heterocycles. The van der Waals surface area contributed by atoms with Gasteiger partial charge in [-0.3, -0.25) is 0 Å². The Balaban J connectivity index is 3.02. The molecule has 0 saturated carbocycles. The molecule has 0 amide bonds. The molecular formula is C13H16O. The zero-order chi connectivity index (χ0) is 10.4. The van der Waals surface area contributed by atoms with Crippen LogP contribution in [0.25, 0.3) is 6.08 Å². The van der Waals surface area contributed by atoms with Gasteiger partial charge in [-0.2, -0.15) is 0 Å². The second-order valence-electron chi connectivity index (χ2n) is 3.16. The van der Waals surface area contributed by atoms with Gasteiger partial charge in [0.2, 0.25) is 0 Å². The fourth-order valence-corrected chi connectivity index (χ4v) is 1.09. The molecule has 74 valence electrons. The zero-order valence-corrected chi connectivity index (χ0v) is 9.00. The highest BCUT2D eigenvalue weighted by atomic mass is 16.5. The summed E-state index contributed by atoms with van der Waals surface area (Å²) >= 11 is 0. The van der Waals surface area contributed by atoms with Crippen molar-refractivity contribution < 1.29 is 4.74 Å². The molecule has 1 nitrogen and oxygen atoms in total. The maximum Gasteiger partial charge on any atom is 0.126 e. The minimum atomic E-state index is 0.893. The van der Waals surface area contributed by atoms with Crippen LogP contribution in [0.15, 0.2) is 35.6 Å². The second kappa shape index (κ2) is 5.31. The molecule has 0 bridgehead atoms. The van der Waals surface area contributed by atoms with Gasteiger partial charge in [0.05, 0.1) is 7.11 Å². The van der Waals surface area contributed by atoms with E-state index in [1.54, 1.807) is 7.11 Å². The van der Waals surface area contributed by atoms with Gasteiger partial charge in [0.25, 0.3) is 0 Å². The highest BCUT2D eigenvalue weighted by molar-refractivity contribution is 5.56. The largest absolute Gasteiger partial charge is 0.496 e. The van der Waals surface area contributed by atoms with Gasteiger partial charge < -0.3 is 4.74 Å². The molecule has 0 aliphatic heterocycles.